The lowest BCUT2D eigenvalue weighted by atomic mass is 9.99. The first kappa shape index (κ1) is 12.2. The Labute approximate surface area is 112 Å². The van der Waals surface area contributed by atoms with Gasteiger partial charge in [-0.15, -0.1) is 0 Å². The topological polar surface area (TPSA) is 56.3 Å². The summed E-state index contributed by atoms with van der Waals surface area (Å²) in [6.07, 6.45) is 3.07. The summed E-state index contributed by atoms with van der Waals surface area (Å²) in [6.45, 7) is 4.31. The zero-order valence-electron chi connectivity index (χ0n) is 11.0. The molecular formula is C15H18N2O2. The maximum absolute atomic E-state index is 10.8. The second kappa shape index (κ2) is 4.70. The number of aromatic amines is 1. The summed E-state index contributed by atoms with van der Waals surface area (Å²) in [7, 11) is 0. The van der Waals surface area contributed by atoms with E-state index in [1.165, 1.54) is 22.0 Å². The molecule has 1 aromatic heterocycles. The predicted molar refractivity (Wildman–Crippen MR) is 74.1 cm³/mol. The van der Waals surface area contributed by atoms with Crippen LogP contribution in [0, 0.1) is 5.92 Å². The molecule has 4 nitrogen and oxygen atoms in total. The van der Waals surface area contributed by atoms with Gasteiger partial charge in [-0.2, -0.15) is 0 Å². The minimum absolute atomic E-state index is 0.184. The van der Waals surface area contributed by atoms with Gasteiger partial charge in [0.25, 0.3) is 0 Å². The van der Waals surface area contributed by atoms with Gasteiger partial charge in [-0.25, -0.2) is 0 Å². The van der Waals surface area contributed by atoms with Crippen molar-refractivity contribution < 1.29 is 9.90 Å². The van der Waals surface area contributed by atoms with Crippen LogP contribution in [0.5, 0.6) is 0 Å². The van der Waals surface area contributed by atoms with Gasteiger partial charge in [-0.05, 0) is 17.5 Å². The maximum Gasteiger partial charge on any atom is 0.309 e. The van der Waals surface area contributed by atoms with E-state index in [2.05, 4.69) is 41.2 Å². The fourth-order valence-corrected chi connectivity index (χ4v) is 2.80. The summed E-state index contributed by atoms with van der Waals surface area (Å²) in [5.41, 5.74) is 3.81. The molecule has 0 unspecified atom stereocenters. The van der Waals surface area contributed by atoms with Gasteiger partial charge in [0.1, 0.15) is 0 Å². The maximum atomic E-state index is 10.8. The molecule has 1 fully saturated rings. The highest BCUT2D eigenvalue weighted by Gasteiger charge is 2.32. The molecule has 2 heterocycles. The average Bonchev–Trinajstić information content (AvgIpc) is 2.75. The molecule has 1 aliphatic heterocycles. The highest BCUT2D eigenvalue weighted by molar-refractivity contribution is 5.86. The summed E-state index contributed by atoms with van der Waals surface area (Å²) in [4.78, 5) is 16.3. The highest BCUT2D eigenvalue weighted by Crippen LogP contribution is 2.26. The van der Waals surface area contributed by atoms with Crippen LogP contribution in [0.25, 0.3) is 10.9 Å². The van der Waals surface area contributed by atoms with Gasteiger partial charge in [0.05, 0.1) is 5.92 Å². The average molecular weight is 258 g/mol. The molecule has 0 amide bonds. The molecule has 100 valence electrons. The van der Waals surface area contributed by atoms with E-state index in [1.807, 2.05) is 0 Å². The Balaban J connectivity index is 1.78. The number of carboxylic acids is 1. The first-order chi connectivity index (χ1) is 9.19. The van der Waals surface area contributed by atoms with Crippen molar-refractivity contribution in [3.63, 3.8) is 0 Å². The molecule has 2 aromatic rings. The fraction of sp³-hybridized carbons (Fsp3) is 0.400. The number of nitrogens with one attached hydrogen (secondary N) is 1. The van der Waals surface area contributed by atoms with Gasteiger partial charge in [-0.1, -0.05) is 25.1 Å². The molecule has 4 heteroatoms. The van der Waals surface area contributed by atoms with Gasteiger partial charge in [-0.3, -0.25) is 9.69 Å². The molecule has 19 heavy (non-hydrogen) atoms. The van der Waals surface area contributed by atoms with Crippen LogP contribution >= 0.6 is 0 Å². The number of aryl methyl sites for hydroxylation is 1. The molecule has 1 saturated heterocycles. The fourth-order valence-electron chi connectivity index (χ4n) is 2.80. The quantitative estimate of drug-likeness (QED) is 0.884. The number of hydrogen-bond acceptors (Lipinski definition) is 2. The number of aliphatic carboxylic acids is 1. The van der Waals surface area contributed by atoms with E-state index in [0.717, 1.165) is 13.0 Å². The third kappa shape index (κ3) is 2.12. The van der Waals surface area contributed by atoms with Crippen molar-refractivity contribution in [3.8, 4) is 0 Å². The van der Waals surface area contributed by atoms with Crippen LogP contribution in [0.2, 0.25) is 0 Å². The third-order valence-corrected chi connectivity index (χ3v) is 3.97. The molecular weight excluding hydrogens is 240 g/mol. The van der Waals surface area contributed by atoms with E-state index in [0.29, 0.717) is 13.1 Å². The van der Waals surface area contributed by atoms with Crippen molar-refractivity contribution in [2.45, 2.75) is 19.9 Å². The molecule has 0 bridgehead atoms. The van der Waals surface area contributed by atoms with Crippen LogP contribution in [0.1, 0.15) is 18.1 Å². The van der Waals surface area contributed by atoms with Gasteiger partial charge < -0.3 is 10.1 Å². The molecule has 0 aliphatic carbocycles. The minimum Gasteiger partial charge on any atom is -0.481 e. The van der Waals surface area contributed by atoms with Crippen LogP contribution in [0.4, 0.5) is 0 Å². The smallest absolute Gasteiger partial charge is 0.309 e. The zero-order chi connectivity index (χ0) is 13.4. The lowest BCUT2D eigenvalue weighted by Crippen LogP contribution is -2.49. The van der Waals surface area contributed by atoms with Crippen molar-refractivity contribution in [3.05, 3.63) is 35.5 Å². The number of carbonyl (C=O) groups is 1. The number of aromatic nitrogens is 1. The summed E-state index contributed by atoms with van der Waals surface area (Å²) < 4.78 is 0. The predicted octanol–water partition coefficient (Wildman–Crippen LogP) is 2.25. The number of H-pyrrole nitrogens is 1. The molecule has 0 atom stereocenters. The van der Waals surface area contributed by atoms with E-state index >= 15 is 0 Å². The molecule has 2 N–H and O–H groups in total. The Kier molecular flexibility index (Phi) is 3.03. The number of rotatable bonds is 4. The van der Waals surface area contributed by atoms with Gasteiger partial charge in [0, 0.05) is 36.7 Å². The molecule has 0 spiro atoms. The minimum atomic E-state index is -0.677. The Bertz CT molecular complexity index is 612. The Morgan fingerprint density at radius 1 is 1.42 bits per heavy atom. The van der Waals surface area contributed by atoms with Gasteiger partial charge in [0.2, 0.25) is 0 Å². The Morgan fingerprint density at radius 2 is 2.21 bits per heavy atom. The van der Waals surface area contributed by atoms with E-state index in [9.17, 15) is 4.79 Å². The number of benzene rings is 1. The monoisotopic (exact) mass is 258 g/mol. The van der Waals surface area contributed by atoms with Crippen molar-refractivity contribution in [2.24, 2.45) is 5.92 Å². The number of fused-ring (bicyclic) bond motifs is 1. The molecule has 0 radical (unpaired) electrons. The normalized spacial score (nSPS) is 16.7. The SMILES string of the molecule is CCc1cccc2c(CN3CC(C(=O)O)C3)c[nH]c12. The molecule has 1 aromatic carbocycles. The van der Waals surface area contributed by atoms with Crippen LogP contribution in [0.3, 0.4) is 0 Å². The number of hydrogen-bond donors (Lipinski definition) is 2. The van der Waals surface area contributed by atoms with Crippen molar-refractivity contribution in [2.75, 3.05) is 13.1 Å². The molecule has 1 aliphatic rings. The van der Waals surface area contributed by atoms with Gasteiger partial charge >= 0.3 is 5.97 Å². The van der Waals surface area contributed by atoms with Gasteiger partial charge in [0.15, 0.2) is 0 Å². The second-order valence-electron chi connectivity index (χ2n) is 5.24. The number of para-hydroxylation sites is 1. The largest absolute Gasteiger partial charge is 0.481 e. The van der Waals surface area contributed by atoms with Crippen LogP contribution in [-0.2, 0) is 17.8 Å². The first-order valence-electron chi connectivity index (χ1n) is 6.72. The van der Waals surface area contributed by atoms with Crippen LogP contribution in [-0.4, -0.2) is 34.0 Å². The van der Waals surface area contributed by atoms with E-state index < -0.39 is 5.97 Å². The molecule has 0 saturated carbocycles. The highest BCUT2D eigenvalue weighted by atomic mass is 16.4. The summed E-state index contributed by atoms with van der Waals surface area (Å²) >= 11 is 0. The van der Waals surface area contributed by atoms with E-state index in [4.69, 9.17) is 5.11 Å². The first-order valence-corrected chi connectivity index (χ1v) is 6.72. The second-order valence-corrected chi connectivity index (χ2v) is 5.24. The lowest BCUT2D eigenvalue weighted by Gasteiger charge is -2.36. The standard InChI is InChI=1S/C15H18N2O2/c1-2-10-4-3-5-13-11(6-16-14(10)13)7-17-8-12(9-17)15(18)19/h3-6,12,16H,2,7-9H2,1H3,(H,18,19). The van der Waals surface area contributed by atoms with Crippen molar-refractivity contribution in [1.29, 1.82) is 0 Å². The van der Waals surface area contributed by atoms with E-state index in [1.54, 1.807) is 0 Å². The number of carboxylic acid groups (broad SMARTS) is 1. The number of likely N-dealkylation sites (tertiary alicyclic amines) is 1. The summed E-state index contributed by atoms with van der Waals surface area (Å²) in [5, 5.41) is 10.1. The Morgan fingerprint density at radius 3 is 2.89 bits per heavy atom. The van der Waals surface area contributed by atoms with Crippen molar-refractivity contribution >= 4 is 16.9 Å². The Hall–Kier alpha value is -1.81. The van der Waals surface area contributed by atoms with Crippen LogP contribution in [0.15, 0.2) is 24.4 Å². The summed E-state index contributed by atoms with van der Waals surface area (Å²) in [5.74, 6) is -0.861. The summed E-state index contributed by atoms with van der Waals surface area (Å²) in [6, 6.07) is 6.37. The zero-order valence-corrected chi connectivity index (χ0v) is 11.0. The molecule has 3 rings (SSSR count). The van der Waals surface area contributed by atoms with Crippen LogP contribution < -0.4 is 0 Å². The van der Waals surface area contributed by atoms with E-state index in [-0.39, 0.29) is 5.92 Å². The van der Waals surface area contributed by atoms with Crippen molar-refractivity contribution in [1.82, 2.24) is 9.88 Å². The number of nitrogens with zero attached hydrogens (tertiary/aromatic N) is 1. The third-order valence-electron chi connectivity index (χ3n) is 3.97. The lowest BCUT2D eigenvalue weighted by molar-refractivity contribution is -0.147.